The minimum atomic E-state index is -2.33. The zero-order valence-corrected chi connectivity index (χ0v) is 24.0. The van der Waals surface area contributed by atoms with E-state index in [1.807, 2.05) is 17.5 Å². The summed E-state index contributed by atoms with van der Waals surface area (Å²) in [5.74, 6) is -0.615. The first-order valence-corrected chi connectivity index (χ1v) is 17.9. The van der Waals surface area contributed by atoms with Crippen LogP contribution in [0.3, 0.4) is 0 Å². The molecule has 1 fully saturated rings. The number of rotatable bonds is 7. The van der Waals surface area contributed by atoms with Crippen LogP contribution in [0.25, 0.3) is 0 Å². The van der Waals surface area contributed by atoms with Gasteiger partial charge in [-0.05, 0) is 47.7 Å². The zero-order valence-electron chi connectivity index (χ0n) is 21.2. The Morgan fingerprint density at radius 2 is 1.69 bits per heavy atom. The maximum Gasteiger partial charge on any atom is 0.251 e. The van der Waals surface area contributed by atoms with Crippen molar-refractivity contribution in [2.24, 2.45) is 0 Å². The molecule has 1 N–H and O–H groups in total. The molecule has 5 atom stereocenters. The second-order valence-electron chi connectivity index (χ2n) is 11.8. The van der Waals surface area contributed by atoms with Gasteiger partial charge in [0.2, 0.25) is 0 Å². The summed E-state index contributed by atoms with van der Waals surface area (Å²) < 4.78 is 18.7. The summed E-state index contributed by atoms with van der Waals surface area (Å²) in [5.41, 5.74) is 0. The second kappa shape index (κ2) is 9.55. The minimum absolute atomic E-state index is 0.0362. The Bertz CT molecular complexity index is 772. The smallest absolute Gasteiger partial charge is 0.251 e. The average molecular weight is 504 g/mol. The van der Waals surface area contributed by atoms with E-state index in [0.29, 0.717) is 0 Å². The van der Waals surface area contributed by atoms with Gasteiger partial charge in [-0.15, -0.1) is 11.3 Å². The highest BCUT2D eigenvalue weighted by Crippen LogP contribution is 2.45. The molecule has 2 heterocycles. The minimum Gasteiger partial charge on any atom is -0.414 e. The molecule has 7 nitrogen and oxygen atoms in total. The molecule has 0 unspecified atom stereocenters. The van der Waals surface area contributed by atoms with Gasteiger partial charge in [0.1, 0.15) is 6.10 Å². The van der Waals surface area contributed by atoms with Gasteiger partial charge in [-0.2, -0.15) is 0 Å². The van der Waals surface area contributed by atoms with Gasteiger partial charge in [0.05, 0.1) is 12.5 Å². The Kier molecular flexibility index (Phi) is 8.25. The molecule has 0 spiro atoms. The average Bonchev–Trinajstić information content (AvgIpc) is 3.13. The molecule has 0 saturated carbocycles. The van der Waals surface area contributed by atoms with Crippen LogP contribution in [-0.4, -0.2) is 57.8 Å². The third kappa shape index (κ3) is 5.89. The maximum atomic E-state index is 12.4. The van der Waals surface area contributed by atoms with Crippen LogP contribution in [0.4, 0.5) is 0 Å². The standard InChI is InChI=1S/C22H41NO6SSi2/c1-21(2,3)31(7,8)27-14-15-18(23(25)26)17(16-12-11-13-30-16)19(20(24)28-15)29-32(9,10)22(4,5)6/h11-13,15,17-20,24H,14H2,1-10H3/t15-,17+,18-,19+,20+/m1/s1. The lowest BCUT2D eigenvalue weighted by molar-refractivity contribution is -0.553. The molecule has 1 aliphatic heterocycles. The van der Waals surface area contributed by atoms with Gasteiger partial charge < -0.3 is 18.7 Å². The summed E-state index contributed by atoms with van der Waals surface area (Å²) in [6, 6.07) is 2.69. The molecule has 0 bridgehead atoms. The van der Waals surface area contributed by atoms with Crippen LogP contribution in [0, 0.1) is 10.1 Å². The van der Waals surface area contributed by atoms with E-state index in [4.69, 9.17) is 13.6 Å². The fraction of sp³-hybridized carbons (Fsp3) is 0.818. The van der Waals surface area contributed by atoms with Crippen molar-refractivity contribution < 1.29 is 23.6 Å². The predicted molar refractivity (Wildman–Crippen MR) is 134 cm³/mol. The Labute approximate surface area is 198 Å². The van der Waals surface area contributed by atoms with Crippen molar-refractivity contribution >= 4 is 28.0 Å². The second-order valence-corrected chi connectivity index (χ2v) is 22.3. The van der Waals surface area contributed by atoms with E-state index in [9.17, 15) is 15.2 Å². The third-order valence-corrected chi connectivity index (χ3v) is 17.4. The maximum absolute atomic E-state index is 12.4. The van der Waals surface area contributed by atoms with Gasteiger partial charge in [-0.1, -0.05) is 47.6 Å². The highest BCUT2D eigenvalue weighted by molar-refractivity contribution is 7.10. The quantitative estimate of drug-likeness (QED) is 0.296. The molecular weight excluding hydrogens is 462 g/mol. The molecule has 1 aromatic rings. The highest BCUT2D eigenvalue weighted by atomic mass is 32.1. The number of hydrogen-bond donors (Lipinski definition) is 1. The molecule has 1 saturated heterocycles. The Morgan fingerprint density at radius 3 is 2.12 bits per heavy atom. The fourth-order valence-electron chi connectivity index (χ4n) is 3.31. The largest absolute Gasteiger partial charge is 0.414 e. The fourth-order valence-corrected chi connectivity index (χ4v) is 6.52. The van der Waals surface area contributed by atoms with Crippen molar-refractivity contribution in [2.75, 3.05) is 6.61 Å². The van der Waals surface area contributed by atoms with Gasteiger partial charge in [0, 0.05) is 9.80 Å². The summed E-state index contributed by atoms with van der Waals surface area (Å²) in [5, 5.41) is 25.2. The monoisotopic (exact) mass is 503 g/mol. The van der Waals surface area contributed by atoms with Crippen LogP contribution in [-0.2, 0) is 13.6 Å². The number of ether oxygens (including phenoxy) is 1. The van der Waals surface area contributed by atoms with Gasteiger partial charge in [-0.3, -0.25) is 10.1 Å². The molecule has 0 aliphatic carbocycles. The van der Waals surface area contributed by atoms with E-state index < -0.39 is 47.1 Å². The Hall–Kier alpha value is -0.626. The van der Waals surface area contributed by atoms with Crippen molar-refractivity contribution in [1.82, 2.24) is 0 Å². The van der Waals surface area contributed by atoms with Crippen LogP contribution in [0.15, 0.2) is 17.5 Å². The zero-order chi connectivity index (χ0) is 24.7. The van der Waals surface area contributed by atoms with Crippen molar-refractivity contribution in [2.45, 2.75) is 108 Å². The van der Waals surface area contributed by atoms with E-state index in [-0.39, 0.29) is 21.6 Å². The topological polar surface area (TPSA) is 91.1 Å². The third-order valence-electron chi connectivity index (χ3n) is 7.46. The first kappa shape index (κ1) is 27.6. The van der Waals surface area contributed by atoms with E-state index in [0.717, 1.165) is 4.88 Å². The lowest BCUT2D eigenvalue weighted by atomic mass is 9.86. The number of nitrogens with zero attached hydrogens (tertiary/aromatic N) is 1. The molecule has 2 rings (SSSR count). The molecule has 10 heteroatoms. The summed E-state index contributed by atoms with van der Waals surface area (Å²) in [4.78, 5) is 12.9. The Balaban J connectivity index is 2.42. The van der Waals surface area contributed by atoms with Crippen LogP contribution >= 0.6 is 11.3 Å². The molecule has 0 aromatic carbocycles. The molecule has 1 aliphatic rings. The SMILES string of the molecule is CC(C)(C)[Si](C)(C)OC[C@H]1O[C@H](O)[C@@H](O[Si](C)(C)C(C)(C)C)[C@@H](c2cccs2)[C@@H]1[N+](=O)[O-]. The van der Waals surface area contributed by atoms with Gasteiger partial charge in [-0.25, -0.2) is 0 Å². The summed E-state index contributed by atoms with van der Waals surface area (Å²) in [7, 11) is -4.48. The highest BCUT2D eigenvalue weighted by Gasteiger charge is 2.56. The van der Waals surface area contributed by atoms with Crippen LogP contribution in [0.5, 0.6) is 0 Å². The molecular formula is C22H41NO6SSi2. The summed E-state index contributed by atoms with van der Waals surface area (Å²) >= 11 is 1.45. The van der Waals surface area contributed by atoms with E-state index in [1.165, 1.54) is 11.3 Å². The van der Waals surface area contributed by atoms with Crippen LogP contribution < -0.4 is 0 Å². The molecule has 32 heavy (non-hydrogen) atoms. The molecule has 0 amide bonds. The lowest BCUT2D eigenvalue weighted by Crippen LogP contribution is -2.61. The van der Waals surface area contributed by atoms with Gasteiger partial charge in [0.25, 0.3) is 6.04 Å². The van der Waals surface area contributed by atoms with Crippen molar-refractivity contribution in [3.05, 3.63) is 32.5 Å². The van der Waals surface area contributed by atoms with Crippen LogP contribution in [0.2, 0.25) is 36.3 Å². The van der Waals surface area contributed by atoms with E-state index in [1.54, 1.807) is 0 Å². The van der Waals surface area contributed by atoms with E-state index >= 15 is 0 Å². The lowest BCUT2D eigenvalue weighted by Gasteiger charge is -2.47. The Morgan fingerprint density at radius 1 is 1.12 bits per heavy atom. The van der Waals surface area contributed by atoms with Crippen molar-refractivity contribution in [1.29, 1.82) is 0 Å². The van der Waals surface area contributed by atoms with Crippen molar-refractivity contribution in [3.63, 3.8) is 0 Å². The number of hydrogen-bond acceptors (Lipinski definition) is 7. The van der Waals surface area contributed by atoms with Crippen LogP contribution in [0.1, 0.15) is 52.3 Å². The number of nitro groups is 1. The molecule has 184 valence electrons. The predicted octanol–water partition coefficient (Wildman–Crippen LogP) is 5.61. The number of thiophene rings is 1. The number of aliphatic hydroxyl groups excluding tert-OH is 1. The van der Waals surface area contributed by atoms with Crippen molar-refractivity contribution in [3.8, 4) is 0 Å². The van der Waals surface area contributed by atoms with Gasteiger partial charge in [0.15, 0.2) is 29.0 Å². The molecule has 0 radical (unpaired) electrons. The number of aliphatic hydroxyl groups is 1. The normalized spacial score (nSPS) is 28.0. The summed E-state index contributed by atoms with van der Waals surface area (Å²) in [6.45, 7) is 21.1. The first-order chi connectivity index (χ1) is 14.4. The molecule has 1 aromatic heterocycles. The first-order valence-electron chi connectivity index (χ1n) is 11.2. The van der Waals surface area contributed by atoms with Gasteiger partial charge >= 0.3 is 0 Å². The summed E-state index contributed by atoms with van der Waals surface area (Å²) in [6.07, 6.45) is -2.94. The van der Waals surface area contributed by atoms with E-state index in [2.05, 4.69) is 67.7 Å².